The van der Waals surface area contributed by atoms with E-state index < -0.39 is 0 Å². The summed E-state index contributed by atoms with van der Waals surface area (Å²) in [5.74, 6) is 0. The van der Waals surface area contributed by atoms with E-state index in [1.165, 1.54) is 72.3 Å². The second-order valence-electron chi connectivity index (χ2n) is 18.1. The van der Waals surface area contributed by atoms with Crippen LogP contribution in [0.2, 0.25) is 0 Å². The third-order valence-electron chi connectivity index (χ3n) is 14.0. The van der Waals surface area contributed by atoms with Gasteiger partial charge < -0.3 is 4.90 Å². The number of hydrogen-bond acceptors (Lipinski definition) is 2. The van der Waals surface area contributed by atoms with Crippen LogP contribution in [-0.4, -0.2) is 0 Å². The maximum absolute atomic E-state index is 5.63. The van der Waals surface area contributed by atoms with Crippen molar-refractivity contribution < 1.29 is 4.36 Å². The Labute approximate surface area is 363 Å². The average molecular weight is 797 g/mol. The van der Waals surface area contributed by atoms with E-state index in [4.69, 9.17) is 5.11 Å². The molecule has 0 radical (unpaired) electrons. The molecule has 8 aromatic carbocycles. The molecule has 12 rings (SSSR count). The Bertz CT molecular complexity index is 3400. The van der Waals surface area contributed by atoms with E-state index in [1.54, 1.807) is 0 Å². The lowest BCUT2D eigenvalue weighted by Crippen LogP contribution is -2.38. The molecule has 3 nitrogen and oxygen atoms in total. The summed E-state index contributed by atoms with van der Waals surface area (Å²) in [6, 6.07) is 73.6. The molecule has 0 amide bonds. The first-order valence-corrected chi connectivity index (χ1v) is 21.8. The number of benzene rings is 8. The van der Waals surface area contributed by atoms with E-state index in [0.29, 0.717) is 0 Å². The Kier molecular flexibility index (Phi) is 7.99. The van der Waals surface area contributed by atoms with Crippen LogP contribution in [0.3, 0.4) is 0 Å². The predicted molar refractivity (Wildman–Crippen MR) is 255 cm³/mol. The minimum atomic E-state index is -0.192. The highest BCUT2D eigenvalue weighted by molar-refractivity contribution is 5.98. The van der Waals surface area contributed by atoms with Gasteiger partial charge in [0.05, 0.1) is 16.6 Å². The van der Waals surface area contributed by atoms with Gasteiger partial charge in [0.1, 0.15) is 0 Å². The maximum Gasteiger partial charge on any atom is 0.252 e. The molecule has 1 unspecified atom stereocenters. The van der Waals surface area contributed by atoms with Gasteiger partial charge in [-0.2, -0.15) is 0 Å². The highest BCUT2D eigenvalue weighted by atomic mass is 15.2. The highest BCUT2D eigenvalue weighted by Crippen LogP contribution is 2.56. The summed E-state index contributed by atoms with van der Waals surface area (Å²) in [6.07, 6.45) is 0. The topological polar surface area (TPSA) is 21.5 Å². The average Bonchev–Trinajstić information content (AvgIpc) is 3.91. The quantitative estimate of drug-likeness (QED) is 0.154. The van der Waals surface area contributed by atoms with Crippen LogP contribution < -0.4 is 14.6 Å². The molecule has 0 N–H and O–H groups in total. The van der Waals surface area contributed by atoms with Crippen LogP contribution in [0.4, 0.5) is 17.1 Å². The molecule has 0 spiro atoms. The Balaban J connectivity index is 1.18. The van der Waals surface area contributed by atoms with E-state index in [9.17, 15) is 0 Å². The first kappa shape index (κ1) is 36.5. The van der Waals surface area contributed by atoms with E-state index in [1.807, 2.05) is 0 Å². The minimum absolute atomic E-state index is 0.142. The lowest BCUT2D eigenvalue weighted by atomic mass is 9.82. The standard InChI is InChI=1S/C59H46N3/c1-58(2)49-28-17-15-26-46(49)55-50(58)29-18-30-52(55)61(43-33-34-45-44-25-14-16-27-48(44)59(3,4)51(45)37-43)42-32-31-41-35-53(38-19-8-5-9-20-38)62-57(47(41)36-42)54(39-21-10-6-11-22-39)56(60-62)40-23-12-7-13-24-40/h5-37,56H,1-4H3/q+1. The van der Waals surface area contributed by atoms with Crippen LogP contribution in [0.1, 0.15) is 67.1 Å². The smallest absolute Gasteiger partial charge is 0.252 e. The summed E-state index contributed by atoms with van der Waals surface area (Å²) in [6.45, 7) is 9.49. The fraction of sp³-hybridized carbons (Fsp3) is 0.119. The molecule has 2 aliphatic carbocycles. The van der Waals surface area contributed by atoms with Crippen molar-refractivity contribution in [2.45, 2.75) is 44.6 Å². The zero-order chi connectivity index (χ0) is 41.7. The molecule has 0 saturated carbocycles. The number of pyridine rings is 1. The largest absolute Gasteiger partial charge is 0.310 e. The van der Waals surface area contributed by atoms with Crippen LogP contribution in [0.25, 0.3) is 49.9 Å². The van der Waals surface area contributed by atoms with Crippen molar-refractivity contribution in [1.82, 2.24) is 0 Å². The van der Waals surface area contributed by atoms with Gasteiger partial charge in [-0.3, -0.25) is 0 Å². The molecular weight excluding hydrogens is 751 g/mol. The molecule has 1 atom stereocenters. The molecule has 2 heterocycles. The second kappa shape index (κ2) is 13.6. The third kappa shape index (κ3) is 5.31. The van der Waals surface area contributed by atoms with Gasteiger partial charge in [0.25, 0.3) is 5.35 Å². The third-order valence-corrected chi connectivity index (χ3v) is 14.0. The second-order valence-corrected chi connectivity index (χ2v) is 18.1. The number of fused-ring (bicyclic) bond motifs is 9. The summed E-state index contributed by atoms with van der Waals surface area (Å²) in [5.41, 5.74) is 19.6. The van der Waals surface area contributed by atoms with Crippen molar-refractivity contribution in [3.05, 3.63) is 239 Å². The summed E-state index contributed by atoms with van der Waals surface area (Å²) in [4.78, 5) is 2.53. The van der Waals surface area contributed by atoms with E-state index in [0.717, 1.165) is 33.4 Å². The molecule has 1 aliphatic heterocycles. The Morgan fingerprint density at radius 3 is 1.77 bits per heavy atom. The monoisotopic (exact) mass is 796 g/mol. The number of anilines is 3. The van der Waals surface area contributed by atoms with Crippen molar-refractivity contribution in [3.63, 3.8) is 0 Å². The van der Waals surface area contributed by atoms with Crippen molar-refractivity contribution in [1.29, 1.82) is 0 Å². The normalized spacial score (nSPS) is 15.9. The van der Waals surface area contributed by atoms with Crippen molar-refractivity contribution >= 4 is 33.4 Å². The van der Waals surface area contributed by atoms with Gasteiger partial charge in [-0.05, 0) is 107 Å². The zero-order valence-electron chi connectivity index (χ0n) is 35.5. The van der Waals surface area contributed by atoms with Gasteiger partial charge in [-0.15, -0.1) is 0 Å². The van der Waals surface area contributed by atoms with Crippen LogP contribution in [0, 0.1) is 0 Å². The first-order chi connectivity index (χ1) is 30.3. The zero-order valence-corrected chi connectivity index (χ0v) is 35.5. The summed E-state index contributed by atoms with van der Waals surface area (Å²) in [7, 11) is 0. The Morgan fingerprint density at radius 1 is 0.468 bits per heavy atom. The van der Waals surface area contributed by atoms with Gasteiger partial charge in [-0.1, -0.05) is 179 Å². The summed E-state index contributed by atoms with van der Waals surface area (Å²) >= 11 is 0. The molecule has 3 aliphatic rings. The number of nitrogens with zero attached hydrogens (tertiary/aromatic N) is 3. The molecule has 0 saturated heterocycles. The van der Waals surface area contributed by atoms with Crippen LogP contribution >= 0.6 is 0 Å². The number of hydrogen-bond donors (Lipinski definition) is 0. The molecule has 296 valence electrons. The SMILES string of the molecule is CC1(C)c2ccccc2-c2ccc(N(c3ccc4cc(-c5ccccc5)[n+]5c(c4c3)=C(c3ccccc3)C(c3ccccc3)N=5)c3cccc4c3-c3ccccc3C4(C)C)cc21. The molecule has 3 heteroatoms. The molecule has 62 heavy (non-hydrogen) atoms. The number of aromatic nitrogens is 1. The first-order valence-electron chi connectivity index (χ1n) is 21.8. The van der Waals surface area contributed by atoms with Crippen molar-refractivity contribution in [2.75, 3.05) is 4.90 Å². The fourth-order valence-electron chi connectivity index (χ4n) is 10.9. The van der Waals surface area contributed by atoms with Gasteiger partial charge in [-0.25, -0.2) is 0 Å². The van der Waals surface area contributed by atoms with E-state index in [2.05, 4.69) is 237 Å². The van der Waals surface area contributed by atoms with Crippen molar-refractivity contribution in [3.8, 4) is 33.5 Å². The van der Waals surface area contributed by atoms with Gasteiger partial charge in [0.2, 0.25) is 5.69 Å². The van der Waals surface area contributed by atoms with Crippen LogP contribution in [0.15, 0.2) is 205 Å². The van der Waals surface area contributed by atoms with Crippen molar-refractivity contribution in [2.24, 2.45) is 5.11 Å². The molecule has 0 fully saturated rings. The Hall–Kier alpha value is -7.36. The highest BCUT2D eigenvalue weighted by Gasteiger charge is 2.40. The lowest BCUT2D eigenvalue weighted by molar-refractivity contribution is -0.546. The van der Waals surface area contributed by atoms with Crippen LogP contribution in [-0.2, 0) is 10.8 Å². The molecule has 1 aromatic heterocycles. The lowest BCUT2D eigenvalue weighted by Gasteiger charge is -2.30. The summed E-state index contributed by atoms with van der Waals surface area (Å²) < 4.78 is 2.24. The van der Waals surface area contributed by atoms with E-state index >= 15 is 0 Å². The minimum Gasteiger partial charge on any atom is -0.310 e. The molecular formula is C59H46N3+. The van der Waals surface area contributed by atoms with Gasteiger partial charge in [0.15, 0.2) is 6.04 Å². The predicted octanol–water partition coefficient (Wildman–Crippen LogP) is 13.9. The molecule has 0 bridgehead atoms. The Morgan fingerprint density at radius 2 is 1.03 bits per heavy atom. The molecule has 9 aromatic rings. The van der Waals surface area contributed by atoms with Gasteiger partial charge >= 0.3 is 0 Å². The van der Waals surface area contributed by atoms with Gasteiger partial charge in [0, 0.05) is 39.4 Å². The van der Waals surface area contributed by atoms with Crippen LogP contribution in [0.5, 0.6) is 0 Å². The summed E-state index contributed by atoms with van der Waals surface area (Å²) in [5, 5.41) is 9.08. The van der Waals surface area contributed by atoms with E-state index in [-0.39, 0.29) is 16.9 Å². The number of rotatable bonds is 6. The fourth-order valence-corrected chi connectivity index (χ4v) is 10.9. The maximum atomic E-state index is 5.63.